The third-order valence-electron chi connectivity index (χ3n) is 3.21. The lowest BCUT2D eigenvalue weighted by molar-refractivity contribution is -0.139. The molecule has 6 nitrogen and oxygen atoms in total. The van der Waals surface area contributed by atoms with Gasteiger partial charge in [0.1, 0.15) is 5.75 Å². The van der Waals surface area contributed by atoms with Crippen LogP contribution in [0.4, 0.5) is 5.69 Å². The fourth-order valence-corrected chi connectivity index (χ4v) is 2.08. The van der Waals surface area contributed by atoms with Crippen LogP contribution in [0.3, 0.4) is 0 Å². The number of nitrogens with zero attached hydrogens (tertiary/aromatic N) is 1. The summed E-state index contributed by atoms with van der Waals surface area (Å²) in [6.45, 7) is 6.57. The van der Waals surface area contributed by atoms with E-state index in [0.29, 0.717) is 18.8 Å². The van der Waals surface area contributed by atoms with E-state index in [1.54, 1.807) is 36.1 Å². The summed E-state index contributed by atoms with van der Waals surface area (Å²) in [4.78, 5) is 24.8. The maximum Gasteiger partial charge on any atom is 0.317 e. The average Bonchev–Trinajstić information content (AvgIpc) is 2.48. The van der Waals surface area contributed by atoms with E-state index >= 15 is 0 Å². The van der Waals surface area contributed by atoms with Gasteiger partial charge in [-0.15, -0.1) is 0 Å². The number of carboxylic acids is 1. The van der Waals surface area contributed by atoms with Gasteiger partial charge < -0.3 is 15.2 Å². The van der Waals surface area contributed by atoms with Crippen LogP contribution in [0.2, 0.25) is 0 Å². The van der Waals surface area contributed by atoms with E-state index in [9.17, 15) is 9.59 Å². The van der Waals surface area contributed by atoms with Crippen molar-refractivity contribution in [1.82, 2.24) is 4.90 Å². The lowest BCUT2D eigenvalue weighted by Crippen LogP contribution is -2.44. The highest BCUT2D eigenvalue weighted by Gasteiger charge is 2.22. The molecule has 1 atom stereocenters. The van der Waals surface area contributed by atoms with E-state index in [2.05, 4.69) is 5.32 Å². The number of carbonyl (C=O) groups excluding carboxylic acids is 1. The van der Waals surface area contributed by atoms with Crippen molar-refractivity contribution in [2.24, 2.45) is 0 Å². The molecule has 1 unspecified atom stereocenters. The van der Waals surface area contributed by atoms with Crippen molar-refractivity contribution in [3.8, 4) is 5.75 Å². The maximum absolute atomic E-state index is 12.2. The second-order valence-electron chi connectivity index (χ2n) is 4.99. The summed E-state index contributed by atoms with van der Waals surface area (Å²) < 4.78 is 5.34. The molecule has 0 fully saturated rings. The van der Waals surface area contributed by atoms with Crippen LogP contribution in [-0.4, -0.2) is 47.6 Å². The summed E-state index contributed by atoms with van der Waals surface area (Å²) in [5.74, 6) is -0.417. The fraction of sp³-hybridized carbons (Fsp3) is 0.500. The molecule has 0 aliphatic heterocycles. The van der Waals surface area contributed by atoms with E-state index in [-0.39, 0.29) is 12.5 Å². The molecule has 1 aromatic rings. The summed E-state index contributed by atoms with van der Waals surface area (Å²) in [6, 6.07) is 6.58. The molecule has 1 rings (SSSR count). The van der Waals surface area contributed by atoms with Gasteiger partial charge in [-0.25, -0.2) is 0 Å². The number of carboxylic acid groups (broad SMARTS) is 1. The standard InChI is InChI=1S/C16H24N2O4/c1-4-10-18(11-15(19)20)12(3)16(21)17-13-6-8-14(9-7-13)22-5-2/h6-9,12H,4-5,10-11H2,1-3H3,(H,17,21)(H,19,20). The Balaban J connectivity index is 2.66. The molecule has 0 saturated carbocycles. The van der Waals surface area contributed by atoms with Gasteiger partial charge in [-0.3, -0.25) is 14.5 Å². The first kappa shape index (κ1) is 18.0. The number of amides is 1. The number of nitrogens with one attached hydrogen (secondary N) is 1. The lowest BCUT2D eigenvalue weighted by atomic mass is 10.2. The Morgan fingerprint density at radius 2 is 1.91 bits per heavy atom. The number of hydrogen-bond acceptors (Lipinski definition) is 4. The quantitative estimate of drug-likeness (QED) is 0.731. The van der Waals surface area contributed by atoms with Gasteiger partial charge in [-0.2, -0.15) is 0 Å². The predicted octanol–water partition coefficient (Wildman–Crippen LogP) is 2.21. The van der Waals surface area contributed by atoms with Crippen LogP contribution in [0.15, 0.2) is 24.3 Å². The molecule has 2 N–H and O–H groups in total. The molecule has 6 heteroatoms. The maximum atomic E-state index is 12.2. The fourth-order valence-electron chi connectivity index (χ4n) is 2.08. The average molecular weight is 308 g/mol. The Kier molecular flexibility index (Phi) is 7.39. The number of benzene rings is 1. The van der Waals surface area contributed by atoms with Crippen LogP contribution in [0.25, 0.3) is 0 Å². The van der Waals surface area contributed by atoms with Gasteiger partial charge in [0, 0.05) is 5.69 Å². The van der Waals surface area contributed by atoms with Gasteiger partial charge >= 0.3 is 5.97 Å². The zero-order chi connectivity index (χ0) is 16.5. The van der Waals surface area contributed by atoms with E-state index in [1.165, 1.54) is 0 Å². The molecule has 1 aromatic carbocycles. The first-order chi connectivity index (χ1) is 10.5. The van der Waals surface area contributed by atoms with Crippen LogP contribution in [0.1, 0.15) is 27.2 Å². The highest BCUT2D eigenvalue weighted by Crippen LogP contribution is 2.16. The van der Waals surface area contributed by atoms with Gasteiger partial charge in [0.15, 0.2) is 0 Å². The Hall–Kier alpha value is -2.08. The molecule has 22 heavy (non-hydrogen) atoms. The zero-order valence-electron chi connectivity index (χ0n) is 13.3. The van der Waals surface area contributed by atoms with E-state index in [1.807, 2.05) is 13.8 Å². The Labute approximate surface area is 131 Å². The topological polar surface area (TPSA) is 78.9 Å². The summed E-state index contributed by atoms with van der Waals surface area (Å²) in [5.41, 5.74) is 0.659. The third-order valence-corrected chi connectivity index (χ3v) is 3.21. The van der Waals surface area contributed by atoms with Gasteiger partial charge in [0.25, 0.3) is 0 Å². The number of aliphatic carboxylic acids is 1. The third kappa shape index (κ3) is 5.73. The van der Waals surface area contributed by atoms with Crippen molar-refractivity contribution >= 4 is 17.6 Å². The number of rotatable bonds is 9. The van der Waals surface area contributed by atoms with Gasteiger partial charge in [-0.05, 0) is 51.1 Å². The molecule has 0 saturated heterocycles. The van der Waals surface area contributed by atoms with Crippen molar-refractivity contribution < 1.29 is 19.4 Å². The van der Waals surface area contributed by atoms with E-state index < -0.39 is 12.0 Å². The van der Waals surface area contributed by atoms with Crippen molar-refractivity contribution in [2.75, 3.05) is 25.0 Å². The van der Waals surface area contributed by atoms with Crippen molar-refractivity contribution in [3.63, 3.8) is 0 Å². The molecule has 0 radical (unpaired) electrons. The molecule has 0 bridgehead atoms. The Morgan fingerprint density at radius 3 is 2.41 bits per heavy atom. The lowest BCUT2D eigenvalue weighted by Gasteiger charge is -2.26. The summed E-state index contributed by atoms with van der Waals surface area (Å²) in [6.07, 6.45) is 0.786. The highest BCUT2D eigenvalue weighted by molar-refractivity contribution is 5.94. The first-order valence-electron chi connectivity index (χ1n) is 7.47. The number of ether oxygens (including phenoxy) is 1. The highest BCUT2D eigenvalue weighted by atomic mass is 16.5. The Morgan fingerprint density at radius 1 is 1.27 bits per heavy atom. The molecule has 0 aliphatic carbocycles. The van der Waals surface area contributed by atoms with E-state index in [4.69, 9.17) is 9.84 Å². The minimum Gasteiger partial charge on any atom is -0.494 e. The zero-order valence-corrected chi connectivity index (χ0v) is 13.3. The second kappa shape index (κ2) is 9.04. The first-order valence-corrected chi connectivity index (χ1v) is 7.47. The normalized spacial score (nSPS) is 12.0. The number of hydrogen-bond donors (Lipinski definition) is 2. The Bertz CT molecular complexity index is 487. The van der Waals surface area contributed by atoms with Crippen molar-refractivity contribution in [1.29, 1.82) is 0 Å². The summed E-state index contributed by atoms with van der Waals surface area (Å²) in [5, 5.41) is 11.7. The molecule has 0 heterocycles. The van der Waals surface area contributed by atoms with Gasteiger partial charge in [0.2, 0.25) is 5.91 Å². The molecule has 0 aromatic heterocycles. The molecule has 0 aliphatic rings. The van der Waals surface area contributed by atoms with Gasteiger partial charge in [-0.1, -0.05) is 6.92 Å². The van der Waals surface area contributed by atoms with Crippen molar-refractivity contribution in [2.45, 2.75) is 33.2 Å². The van der Waals surface area contributed by atoms with E-state index in [0.717, 1.165) is 12.2 Å². The second-order valence-corrected chi connectivity index (χ2v) is 4.99. The molecular weight excluding hydrogens is 284 g/mol. The number of carbonyl (C=O) groups is 2. The van der Waals surface area contributed by atoms with Crippen molar-refractivity contribution in [3.05, 3.63) is 24.3 Å². The molecule has 0 spiro atoms. The van der Waals surface area contributed by atoms with Gasteiger partial charge in [0.05, 0.1) is 19.2 Å². The largest absolute Gasteiger partial charge is 0.494 e. The predicted molar refractivity (Wildman–Crippen MR) is 85.2 cm³/mol. The van der Waals surface area contributed by atoms with Crippen LogP contribution in [0.5, 0.6) is 5.75 Å². The SMILES string of the molecule is CCCN(CC(=O)O)C(C)C(=O)Nc1ccc(OCC)cc1. The van der Waals surface area contributed by atoms with Crippen LogP contribution < -0.4 is 10.1 Å². The van der Waals surface area contributed by atoms with Crippen LogP contribution in [-0.2, 0) is 9.59 Å². The number of anilines is 1. The summed E-state index contributed by atoms with van der Waals surface area (Å²) in [7, 11) is 0. The molecule has 1 amide bonds. The minimum absolute atomic E-state index is 0.147. The molecular formula is C16H24N2O4. The smallest absolute Gasteiger partial charge is 0.317 e. The monoisotopic (exact) mass is 308 g/mol. The molecule has 122 valence electrons. The minimum atomic E-state index is -0.936. The van der Waals surface area contributed by atoms with Crippen LogP contribution >= 0.6 is 0 Å². The summed E-state index contributed by atoms with van der Waals surface area (Å²) >= 11 is 0. The van der Waals surface area contributed by atoms with Crippen LogP contribution in [0, 0.1) is 0 Å².